The summed E-state index contributed by atoms with van der Waals surface area (Å²) in [4.78, 5) is 38.1. The van der Waals surface area contributed by atoms with Gasteiger partial charge in [-0.15, -0.1) is 0 Å². The first-order chi connectivity index (χ1) is 16.9. The minimum atomic E-state index is -0.734. The van der Waals surface area contributed by atoms with Gasteiger partial charge in [-0.25, -0.2) is 4.79 Å². The molecule has 5 rings (SSSR count). The molecule has 1 saturated carbocycles. The number of carboxylic acids is 1. The van der Waals surface area contributed by atoms with Crippen LogP contribution in [0.15, 0.2) is 48.5 Å². The topological polar surface area (TPSA) is 95.9 Å². The lowest BCUT2D eigenvalue weighted by molar-refractivity contribution is -0.139. The molecule has 2 aromatic carbocycles. The number of hydrogen-bond donors (Lipinski definition) is 2. The number of fused-ring (bicyclic) bond motifs is 4. The second-order valence-corrected chi connectivity index (χ2v) is 10.2. The van der Waals surface area contributed by atoms with Gasteiger partial charge in [-0.3, -0.25) is 9.59 Å². The number of hydrogen-bond acceptors (Lipinski definition) is 4. The van der Waals surface area contributed by atoms with E-state index in [4.69, 9.17) is 4.74 Å². The van der Waals surface area contributed by atoms with Gasteiger partial charge < -0.3 is 20.1 Å². The average Bonchev–Trinajstić information content (AvgIpc) is 3.50. The van der Waals surface area contributed by atoms with Crippen LogP contribution in [0.25, 0.3) is 11.1 Å². The molecule has 1 saturated heterocycles. The van der Waals surface area contributed by atoms with Crippen molar-refractivity contribution < 1.29 is 24.2 Å². The van der Waals surface area contributed by atoms with E-state index in [-0.39, 0.29) is 42.1 Å². The Morgan fingerprint density at radius 3 is 2.37 bits per heavy atom. The van der Waals surface area contributed by atoms with Crippen molar-refractivity contribution in [3.8, 4) is 11.1 Å². The zero-order valence-electron chi connectivity index (χ0n) is 20.0. The van der Waals surface area contributed by atoms with E-state index < -0.39 is 12.1 Å². The normalized spacial score (nSPS) is 23.0. The Hall–Kier alpha value is -3.35. The predicted octanol–water partition coefficient (Wildman–Crippen LogP) is 4.12. The number of ether oxygens (including phenoxy) is 1. The van der Waals surface area contributed by atoms with E-state index in [0.717, 1.165) is 6.42 Å². The van der Waals surface area contributed by atoms with E-state index in [2.05, 4.69) is 29.6 Å². The fourth-order valence-electron chi connectivity index (χ4n) is 5.93. The van der Waals surface area contributed by atoms with Crippen LogP contribution in [0, 0.1) is 23.7 Å². The molecule has 1 heterocycles. The molecule has 2 amide bonds. The summed E-state index contributed by atoms with van der Waals surface area (Å²) in [7, 11) is 0. The molecule has 7 nitrogen and oxygen atoms in total. The number of nitrogens with one attached hydrogen (secondary N) is 1. The van der Waals surface area contributed by atoms with Gasteiger partial charge in [0, 0.05) is 32.0 Å². The van der Waals surface area contributed by atoms with Gasteiger partial charge in [0.2, 0.25) is 5.91 Å². The van der Waals surface area contributed by atoms with E-state index in [9.17, 15) is 19.5 Å². The third kappa shape index (κ3) is 4.77. The molecule has 1 aliphatic heterocycles. The lowest BCUT2D eigenvalue weighted by Gasteiger charge is -2.27. The Kier molecular flexibility index (Phi) is 6.50. The summed E-state index contributed by atoms with van der Waals surface area (Å²) < 4.78 is 5.57. The average molecular weight is 477 g/mol. The Labute approximate surface area is 205 Å². The number of nitrogens with zero attached hydrogens (tertiary/aromatic N) is 1. The first kappa shape index (κ1) is 23.4. The van der Waals surface area contributed by atoms with Gasteiger partial charge in [0.25, 0.3) is 0 Å². The minimum absolute atomic E-state index is 0.0287. The van der Waals surface area contributed by atoms with E-state index >= 15 is 0 Å². The maximum absolute atomic E-state index is 12.7. The Bertz CT molecular complexity index is 1090. The lowest BCUT2D eigenvalue weighted by atomic mass is 9.98. The number of likely N-dealkylation sites (tertiary alicyclic amines) is 1. The highest BCUT2D eigenvalue weighted by Crippen LogP contribution is 2.51. The third-order valence-corrected chi connectivity index (χ3v) is 7.91. The SMILES string of the molecule is CC(CCNC(=O)OCC1c2ccccc2-c2ccccc21)CC(=O)N1CC[C@H]2C(C(=O)O)[C@H]2C1. The Morgan fingerprint density at radius 2 is 1.71 bits per heavy atom. The van der Waals surface area contributed by atoms with Crippen LogP contribution >= 0.6 is 0 Å². The molecule has 4 atom stereocenters. The number of piperidine rings is 1. The van der Waals surface area contributed by atoms with Crippen LogP contribution in [-0.2, 0) is 14.3 Å². The molecule has 184 valence electrons. The molecule has 2 aliphatic carbocycles. The number of carbonyl (C=O) groups excluding carboxylic acids is 2. The van der Waals surface area contributed by atoms with Gasteiger partial charge in [0.05, 0.1) is 5.92 Å². The number of amides is 2. The molecule has 2 N–H and O–H groups in total. The second kappa shape index (κ2) is 9.72. The Morgan fingerprint density at radius 1 is 1.06 bits per heavy atom. The summed E-state index contributed by atoms with van der Waals surface area (Å²) in [5, 5.41) is 12.1. The van der Waals surface area contributed by atoms with Crippen LogP contribution in [0.3, 0.4) is 0 Å². The van der Waals surface area contributed by atoms with Gasteiger partial charge in [-0.1, -0.05) is 55.5 Å². The zero-order chi connectivity index (χ0) is 24.5. The van der Waals surface area contributed by atoms with Gasteiger partial charge in [0.1, 0.15) is 6.61 Å². The van der Waals surface area contributed by atoms with Crippen LogP contribution in [0.1, 0.15) is 43.2 Å². The summed E-state index contributed by atoms with van der Waals surface area (Å²) in [5.74, 6) is -0.419. The molecule has 3 aliphatic rings. The van der Waals surface area contributed by atoms with Crippen LogP contribution in [0.2, 0.25) is 0 Å². The minimum Gasteiger partial charge on any atom is -0.481 e. The van der Waals surface area contributed by atoms with Crippen molar-refractivity contribution in [2.75, 3.05) is 26.2 Å². The van der Waals surface area contributed by atoms with Crippen molar-refractivity contribution in [2.45, 2.75) is 32.1 Å². The summed E-state index contributed by atoms with van der Waals surface area (Å²) in [5.41, 5.74) is 4.75. The van der Waals surface area contributed by atoms with Crippen molar-refractivity contribution in [3.63, 3.8) is 0 Å². The molecule has 2 aromatic rings. The monoisotopic (exact) mass is 476 g/mol. The van der Waals surface area contributed by atoms with Crippen molar-refractivity contribution in [2.24, 2.45) is 23.7 Å². The lowest BCUT2D eigenvalue weighted by Crippen LogP contribution is -2.38. The molecule has 2 unspecified atom stereocenters. The summed E-state index contributed by atoms with van der Waals surface area (Å²) in [6, 6.07) is 16.5. The molecule has 0 aromatic heterocycles. The fourth-order valence-corrected chi connectivity index (χ4v) is 5.93. The van der Waals surface area contributed by atoms with Crippen molar-refractivity contribution in [1.82, 2.24) is 10.2 Å². The number of benzene rings is 2. The van der Waals surface area contributed by atoms with Gasteiger partial charge in [0.15, 0.2) is 0 Å². The fraction of sp³-hybridized carbons (Fsp3) is 0.464. The van der Waals surface area contributed by atoms with Crippen LogP contribution in [0.5, 0.6) is 0 Å². The molecule has 7 heteroatoms. The molecule has 0 bridgehead atoms. The number of carboxylic acid groups (broad SMARTS) is 1. The highest BCUT2D eigenvalue weighted by atomic mass is 16.5. The first-order valence-electron chi connectivity index (χ1n) is 12.5. The maximum Gasteiger partial charge on any atom is 0.407 e. The number of rotatable bonds is 8. The van der Waals surface area contributed by atoms with E-state index in [1.54, 1.807) is 0 Å². The Balaban J connectivity index is 1.04. The number of alkyl carbamates (subject to hydrolysis) is 1. The standard InChI is InChI=1S/C28H32N2O5/c1-17(14-25(31)30-13-11-22-23(15-30)26(22)27(32)33)10-12-29-28(34)35-16-24-20-8-4-2-6-18(20)19-7-3-5-9-21(19)24/h2-9,17,22-24,26H,10-16H2,1H3,(H,29,34)(H,32,33)/t17?,22-,23+,26?/m1/s1. The zero-order valence-corrected chi connectivity index (χ0v) is 20.0. The molecule has 2 fully saturated rings. The predicted molar refractivity (Wildman–Crippen MR) is 131 cm³/mol. The van der Waals surface area contributed by atoms with E-state index in [0.29, 0.717) is 32.5 Å². The van der Waals surface area contributed by atoms with Crippen LogP contribution < -0.4 is 5.32 Å². The number of carbonyl (C=O) groups is 3. The highest BCUT2D eigenvalue weighted by molar-refractivity contribution is 5.79. The quantitative estimate of drug-likeness (QED) is 0.598. The van der Waals surface area contributed by atoms with Gasteiger partial charge >= 0.3 is 12.1 Å². The molecule has 35 heavy (non-hydrogen) atoms. The smallest absolute Gasteiger partial charge is 0.407 e. The van der Waals surface area contributed by atoms with Crippen LogP contribution in [-0.4, -0.2) is 54.2 Å². The second-order valence-electron chi connectivity index (χ2n) is 10.2. The molecule has 0 radical (unpaired) electrons. The highest BCUT2D eigenvalue weighted by Gasteiger charge is 2.57. The van der Waals surface area contributed by atoms with Crippen molar-refractivity contribution in [3.05, 3.63) is 59.7 Å². The van der Waals surface area contributed by atoms with Gasteiger partial charge in [-0.05, 0) is 52.8 Å². The van der Waals surface area contributed by atoms with Crippen molar-refractivity contribution >= 4 is 18.0 Å². The molecular weight excluding hydrogens is 444 g/mol. The first-order valence-corrected chi connectivity index (χ1v) is 12.5. The summed E-state index contributed by atoms with van der Waals surface area (Å²) >= 11 is 0. The summed E-state index contributed by atoms with van der Waals surface area (Å²) in [6.07, 6.45) is 1.42. The van der Waals surface area contributed by atoms with Crippen LogP contribution in [0.4, 0.5) is 4.79 Å². The largest absolute Gasteiger partial charge is 0.481 e. The molecular formula is C28H32N2O5. The van der Waals surface area contributed by atoms with E-state index in [1.807, 2.05) is 36.1 Å². The van der Waals surface area contributed by atoms with Gasteiger partial charge in [-0.2, -0.15) is 0 Å². The summed E-state index contributed by atoms with van der Waals surface area (Å²) in [6.45, 7) is 3.93. The van der Waals surface area contributed by atoms with E-state index in [1.165, 1.54) is 22.3 Å². The third-order valence-electron chi connectivity index (χ3n) is 7.91. The van der Waals surface area contributed by atoms with Crippen molar-refractivity contribution in [1.29, 1.82) is 0 Å². The molecule has 0 spiro atoms. The number of aliphatic carboxylic acids is 1. The maximum atomic E-state index is 12.7.